The van der Waals surface area contributed by atoms with Crippen molar-refractivity contribution in [2.75, 3.05) is 26.2 Å². The molecule has 6 nitrogen and oxygen atoms in total. The van der Waals surface area contributed by atoms with Crippen molar-refractivity contribution >= 4 is 11.8 Å². The number of carbonyl (C=O) groups is 2. The molecule has 1 aromatic carbocycles. The third-order valence-corrected chi connectivity index (χ3v) is 5.71. The lowest BCUT2D eigenvalue weighted by molar-refractivity contribution is -0.118. The topological polar surface area (TPSA) is 75.9 Å². The third-order valence-electron chi connectivity index (χ3n) is 5.71. The molecule has 154 valence electrons. The van der Waals surface area contributed by atoms with E-state index in [-0.39, 0.29) is 24.0 Å². The number of primary amides is 1. The predicted octanol–water partition coefficient (Wildman–Crippen LogP) is 2.41. The molecule has 0 radical (unpaired) electrons. The molecule has 2 aliphatic heterocycles. The van der Waals surface area contributed by atoms with Gasteiger partial charge in [-0.05, 0) is 56.7 Å². The van der Waals surface area contributed by atoms with E-state index in [0.717, 1.165) is 57.5 Å². The van der Waals surface area contributed by atoms with Crippen LogP contribution in [0.4, 0.5) is 0 Å². The standard InChI is InChI=1S/C22H33N3O3/c1-16-12-24(13-17(2)28-16)14-19-5-8-20(9-6-19)22(27)25-11-3-4-18(15-25)7-10-21(23)26/h5-6,8-9,16-18H,3-4,7,10-15H2,1-2H3,(H2,23,26). The molecular formula is C22H33N3O3. The molecule has 0 spiro atoms. The summed E-state index contributed by atoms with van der Waals surface area (Å²) in [6.45, 7) is 8.48. The molecule has 0 aromatic heterocycles. The van der Waals surface area contributed by atoms with Gasteiger partial charge in [0.05, 0.1) is 12.2 Å². The van der Waals surface area contributed by atoms with Crippen LogP contribution in [-0.2, 0) is 16.1 Å². The van der Waals surface area contributed by atoms with Crippen molar-refractivity contribution < 1.29 is 14.3 Å². The molecule has 28 heavy (non-hydrogen) atoms. The molecule has 2 aliphatic rings. The molecule has 2 fully saturated rings. The van der Waals surface area contributed by atoms with Crippen LogP contribution in [-0.4, -0.2) is 60.0 Å². The van der Waals surface area contributed by atoms with Crippen molar-refractivity contribution in [2.45, 2.75) is 58.3 Å². The molecule has 1 aromatic rings. The van der Waals surface area contributed by atoms with Crippen LogP contribution in [0.25, 0.3) is 0 Å². The maximum atomic E-state index is 12.9. The summed E-state index contributed by atoms with van der Waals surface area (Å²) in [5, 5.41) is 0. The van der Waals surface area contributed by atoms with Gasteiger partial charge in [0.2, 0.25) is 5.91 Å². The van der Waals surface area contributed by atoms with Crippen LogP contribution >= 0.6 is 0 Å². The lowest BCUT2D eigenvalue weighted by atomic mass is 9.93. The summed E-state index contributed by atoms with van der Waals surface area (Å²) in [6.07, 6.45) is 3.74. The fourth-order valence-corrected chi connectivity index (χ4v) is 4.44. The van der Waals surface area contributed by atoms with Crippen LogP contribution in [0.1, 0.15) is 55.5 Å². The fourth-order valence-electron chi connectivity index (χ4n) is 4.44. The highest BCUT2D eigenvalue weighted by Crippen LogP contribution is 2.23. The molecule has 2 amide bonds. The second kappa shape index (κ2) is 9.52. The number of amides is 2. The zero-order chi connectivity index (χ0) is 20.1. The highest BCUT2D eigenvalue weighted by molar-refractivity contribution is 5.94. The first kappa shape index (κ1) is 20.8. The second-order valence-corrected chi connectivity index (χ2v) is 8.41. The Kier molecular flexibility index (Phi) is 7.08. The second-order valence-electron chi connectivity index (χ2n) is 8.41. The number of likely N-dealkylation sites (tertiary alicyclic amines) is 1. The van der Waals surface area contributed by atoms with Crippen LogP contribution in [0.5, 0.6) is 0 Å². The molecule has 3 unspecified atom stereocenters. The Morgan fingerprint density at radius 1 is 1.11 bits per heavy atom. The molecule has 6 heteroatoms. The van der Waals surface area contributed by atoms with Crippen LogP contribution in [0.3, 0.4) is 0 Å². The first-order valence-corrected chi connectivity index (χ1v) is 10.4. The van der Waals surface area contributed by atoms with E-state index in [1.807, 2.05) is 17.0 Å². The smallest absolute Gasteiger partial charge is 0.253 e. The molecule has 2 N–H and O–H groups in total. The van der Waals surface area contributed by atoms with Gasteiger partial charge in [0.25, 0.3) is 5.91 Å². The van der Waals surface area contributed by atoms with Gasteiger partial charge in [-0.25, -0.2) is 0 Å². The summed E-state index contributed by atoms with van der Waals surface area (Å²) in [7, 11) is 0. The van der Waals surface area contributed by atoms with E-state index < -0.39 is 0 Å². The van der Waals surface area contributed by atoms with Gasteiger partial charge in [-0.3, -0.25) is 14.5 Å². The molecule has 2 saturated heterocycles. The van der Waals surface area contributed by atoms with Gasteiger partial charge in [-0.15, -0.1) is 0 Å². The fraction of sp³-hybridized carbons (Fsp3) is 0.636. The van der Waals surface area contributed by atoms with Gasteiger partial charge in [0.1, 0.15) is 0 Å². The number of rotatable bonds is 6. The van der Waals surface area contributed by atoms with E-state index in [9.17, 15) is 9.59 Å². The number of benzene rings is 1. The van der Waals surface area contributed by atoms with E-state index in [0.29, 0.717) is 12.3 Å². The number of nitrogens with two attached hydrogens (primary N) is 1. The Bertz CT molecular complexity index is 666. The van der Waals surface area contributed by atoms with Crippen molar-refractivity contribution in [3.05, 3.63) is 35.4 Å². The molecule has 0 saturated carbocycles. The van der Waals surface area contributed by atoms with E-state index in [4.69, 9.17) is 10.5 Å². The van der Waals surface area contributed by atoms with Crippen molar-refractivity contribution in [2.24, 2.45) is 11.7 Å². The first-order valence-electron chi connectivity index (χ1n) is 10.4. The molecular weight excluding hydrogens is 354 g/mol. The van der Waals surface area contributed by atoms with Gasteiger partial charge < -0.3 is 15.4 Å². The molecule has 0 aliphatic carbocycles. The Morgan fingerprint density at radius 2 is 1.79 bits per heavy atom. The monoisotopic (exact) mass is 387 g/mol. The van der Waals surface area contributed by atoms with Crippen molar-refractivity contribution in [1.29, 1.82) is 0 Å². The van der Waals surface area contributed by atoms with Gasteiger partial charge in [-0.2, -0.15) is 0 Å². The van der Waals surface area contributed by atoms with Crippen LogP contribution < -0.4 is 5.73 Å². The minimum Gasteiger partial charge on any atom is -0.373 e. The number of carbonyl (C=O) groups excluding carboxylic acids is 2. The SMILES string of the molecule is CC1CN(Cc2ccc(C(=O)N3CCCC(CCC(N)=O)C3)cc2)CC(C)O1. The summed E-state index contributed by atoms with van der Waals surface area (Å²) in [4.78, 5) is 28.2. The average molecular weight is 388 g/mol. The zero-order valence-electron chi connectivity index (χ0n) is 17.1. The molecule has 0 bridgehead atoms. The van der Waals surface area contributed by atoms with Crippen LogP contribution in [0.15, 0.2) is 24.3 Å². The minimum atomic E-state index is -0.261. The Morgan fingerprint density at radius 3 is 2.43 bits per heavy atom. The van der Waals surface area contributed by atoms with Gasteiger partial charge in [-0.1, -0.05) is 12.1 Å². The van der Waals surface area contributed by atoms with Crippen molar-refractivity contribution in [1.82, 2.24) is 9.80 Å². The van der Waals surface area contributed by atoms with Gasteiger partial charge >= 0.3 is 0 Å². The third kappa shape index (κ3) is 5.79. The average Bonchev–Trinajstić information content (AvgIpc) is 2.66. The quantitative estimate of drug-likeness (QED) is 0.813. The number of hydrogen-bond donors (Lipinski definition) is 1. The summed E-state index contributed by atoms with van der Waals surface area (Å²) in [5.74, 6) is 0.196. The summed E-state index contributed by atoms with van der Waals surface area (Å²) >= 11 is 0. The molecule has 2 heterocycles. The minimum absolute atomic E-state index is 0.0870. The lowest BCUT2D eigenvalue weighted by Crippen LogP contribution is -2.44. The number of hydrogen-bond acceptors (Lipinski definition) is 4. The van der Waals surface area contributed by atoms with Crippen LogP contribution in [0.2, 0.25) is 0 Å². The number of ether oxygens (including phenoxy) is 1. The highest BCUT2D eigenvalue weighted by atomic mass is 16.5. The predicted molar refractivity (Wildman–Crippen MR) is 109 cm³/mol. The van der Waals surface area contributed by atoms with E-state index in [1.165, 1.54) is 5.56 Å². The molecule has 3 rings (SSSR count). The maximum absolute atomic E-state index is 12.9. The Hall–Kier alpha value is -1.92. The normalized spacial score (nSPS) is 26.2. The van der Waals surface area contributed by atoms with Crippen LogP contribution in [0, 0.1) is 5.92 Å². The number of piperidine rings is 1. The van der Waals surface area contributed by atoms with Crippen molar-refractivity contribution in [3.8, 4) is 0 Å². The zero-order valence-corrected chi connectivity index (χ0v) is 17.1. The lowest BCUT2D eigenvalue weighted by Gasteiger charge is -2.35. The van der Waals surface area contributed by atoms with E-state index in [2.05, 4.69) is 30.9 Å². The summed E-state index contributed by atoms with van der Waals surface area (Å²) < 4.78 is 5.79. The van der Waals surface area contributed by atoms with Crippen molar-refractivity contribution in [3.63, 3.8) is 0 Å². The summed E-state index contributed by atoms with van der Waals surface area (Å²) in [6, 6.07) is 8.01. The Balaban J connectivity index is 1.55. The van der Waals surface area contributed by atoms with Gasteiger partial charge in [0, 0.05) is 44.7 Å². The maximum Gasteiger partial charge on any atom is 0.253 e. The van der Waals surface area contributed by atoms with E-state index >= 15 is 0 Å². The summed E-state index contributed by atoms with van der Waals surface area (Å²) in [5.41, 5.74) is 7.22. The molecule has 3 atom stereocenters. The number of nitrogens with zero attached hydrogens (tertiary/aromatic N) is 2. The Labute approximate surface area is 168 Å². The van der Waals surface area contributed by atoms with E-state index in [1.54, 1.807) is 0 Å². The first-order chi connectivity index (χ1) is 13.4. The highest BCUT2D eigenvalue weighted by Gasteiger charge is 2.25. The number of morpholine rings is 1. The largest absolute Gasteiger partial charge is 0.373 e. The van der Waals surface area contributed by atoms with Gasteiger partial charge in [0.15, 0.2) is 0 Å².